The molecule has 1 aromatic carbocycles. The molecule has 1 heterocycles. The lowest BCUT2D eigenvalue weighted by Crippen LogP contribution is -2.37. The van der Waals surface area contributed by atoms with E-state index in [9.17, 15) is 4.39 Å². The van der Waals surface area contributed by atoms with Crippen molar-refractivity contribution in [2.75, 3.05) is 6.61 Å². The fourth-order valence-corrected chi connectivity index (χ4v) is 2.94. The molecule has 0 amide bonds. The Morgan fingerprint density at radius 3 is 2.52 bits per heavy atom. The molecule has 0 bridgehead atoms. The molecule has 1 atom stereocenters. The summed E-state index contributed by atoms with van der Waals surface area (Å²) in [4.78, 5) is 0. The van der Waals surface area contributed by atoms with Crippen molar-refractivity contribution in [3.8, 4) is 0 Å². The summed E-state index contributed by atoms with van der Waals surface area (Å²) in [6.07, 6.45) is 0.591. The van der Waals surface area contributed by atoms with Crippen LogP contribution in [-0.4, -0.2) is 25.4 Å². The fraction of sp³-hybridized carbons (Fsp3) is 0.667. The molecule has 1 aliphatic rings. The van der Waals surface area contributed by atoms with E-state index in [0.29, 0.717) is 13.2 Å². The maximum atomic E-state index is 13.7. The van der Waals surface area contributed by atoms with Crippen molar-refractivity contribution in [2.45, 2.75) is 66.4 Å². The van der Waals surface area contributed by atoms with Crippen molar-refractivity contribution >= 4 is 12.4 Å². The lowest BCUT2D eigenvalue weighted by atomic mass is 9.53. The van der Waals surface area contributed by atoms with Gasteiger partial charge >= 0.3 is 6.92 Å². The van der Waals surface area contributed by atoms with Crippen LogP contribution in [0.15, 0.2) is 18.2 Å². The largest absolute Gasteiger partial charge is 0.426 e. The van der Waals surface area contributed by atoms with Crippen LogP contribution in [0.5, 0.6) is 0 Å². The van der Waals surface area contributed by atoms with E-state index < -0.39 is 0 Å². The van der Waals surface area contributed by atoms with Crippen molar-refractivity contribution < 1.29 is 18.5 Å². The SMILES string of the molecule is CCOC(C)OCc1cc(F)ccc1B1CC(C)(C)C(C)(C)O1. The summed E-state index contributed by atoms with van der Waals surface area (Å²) in [7, 11) is 0. The standard InChI is InChI=1S/C18H28BFO3/c1-7-21-13(2)22-11-14-10-15(20)8-9-16(14)19-12-17(3,4)18(5,6)23-19/h8-10,13H,7,11-12H2,1-6H3. The van der Waals surface area contributed by atoms with Crippen LogP contribution in [0.3, 0.4) is 0 Å². The molecule has 1 fully saturated rings. The highest BCUT2D eigenvalue weighted by Crippen LogP contribution is 2.45. The van der Waals surface area contributed by atoms with Crippen LogP contribution in [0.25, 0.3) is 0 Å². The molecule has 0 N–H and O–H groups in total. The molecular weight excluding hydrogens is 294 g/mol. The minimum Gasteiger partial charge on any atom is -0.426 e. The van der Waals surface area contributed by atoms with Gasteiger partial charge in [-0.15, -0.1) is 0 Å². The average molecular weight is 322 g/mol. The molecule has 0 radical (unpaired) electrons. The molecular formula is C18H28BFO3. The fourth-order valence-electron chi connectivity index (χ4n) is 2.94. The van der Waals surface area contributed by atoms with Gasteiger partial charge in [0, 0.05) is 6.61 Å². The van der Waals surface area contributed by atoms with E-state index in [1.165, 1.54) is 12.1 Å². The minimum absolute atomic E-state index is 0.0402. The summed E-state index contributed by atoms with van der Waals surface area (Å²) < 4.78 is 31.0. The van der Waals surface area contributed by atoms with Gasteiger partial charge in [-0.2, -0.15) is 0 Å². The molecule has 1 saturated heterocycles. The highest BCUT2D eigenvalue weighted by Gasteiger charge is 2.50. The monoisotopic (exact) mass is 322 g/mol. The Bertz CT molecular complexity index is 529. The predicted molar refractivity (Wildman–Crippen MR) is 91.4 cm³/mol. The molecule has 0 spiro atoms. The normalized spacial score (nSPS) is 20.7. The summed E-state index contributed by atoms with van der Waals surface area (Å²) in [6.45, 7) is 13.3. The van der Waals surface area contributed by atoms with Crippen LogP contribution in [0, 0.1) is 11.2 Å². The minimum atomic E-state index is -0.312. The Labute approximate surface area is 139 Å². The Morgan fingerprint density at radius 2 is 1.96 bits per heavy atom. The number of rotatable bonds is 6. The van der Waals surface area contributed by atoms with Gasteiger partial charge in [0.1, 0.15) is 5.82 Å². The Morgan fingerprint density at radius 1 is 1.26 bits per heavy atom. The lowest BCUT2D eigenvalue weighted by molar-refractivity contribution is -0.134. The third kappa shape index (κ3) is 4.14. The molecule has 1 aromatic rings. The quantitative estimate of drug-likeness (QED) is 0.590. The van der Waals surface area contributed by atoms with Crippen LogP contribution in [0.4, 0.5) is 4.39 Å². The van der Waals surface area contributed by atoms with Crippen LogP contribution in [0.2, 0.25) is 6.32 Å². The maximum Gasteiger partial charge on any atom is 0.328 e. The predicted octanol–water partition coefficient (Wildman–Crippen LogP) is 3.76. The third-order valence-electron chi connectivity index (χ3n) is 5.09. The number of benzene rings is 1. The average Bonchev–Trinajstić information content (AvgIpc) is 2.65. The first-order valence-corrected chi connectivity index (χ1v) is 8.35. The Balaban J connectivity index is 2.19. The van der Waals surface area contributed by atoms with E-state index in [-0.39, 0.29) is 30.0 Å². The zero-order valence-corrected chi connectivity index (χ0v) is 15.1. The zero-order valence-electron chi connectivity index (χ0n) is 15.1. The first-order valence-electron chi connectivity index (χ1n) is 8.35. The van der Waals surface area contributed by atoms with E-state index in [2.05, 4.69) is 27.7 Å². The first kappa shape index (κ1) is 18.4. The number of halogens is 1. The molecule has 128 valence electrons. The van der Waals surface area contributed by atoms with E-state index in [4.69, 9.17) is 14.1 Å². The van der Waals surface area contributed by atoms with Gasteiger partial charge in [0.2, 0.25) is 0 Å². The molecule has 3 nitrogen and oxygen atoms in total. The van der Waals surface area contributed by atoms with Crippen molar-refractivity contribution in [2.24, 2.45) is 5.41 Å². The number of ether oxygens (including phenoxy) is 2. The highest BCUT2D eigenvalue weighted by molar-refractivity contribution is 6.68. The lowest BCUT2D eigenvalue weighted by Gasteiger charge is -2.34. The van der Waals surface area contributed by atoms with Crippen LogP contribution >= 0.6 is 0 Å². The molecule has 0 aliphatic carbocycles. The van der Waals surface area contributed by atoms with Crippen LogP contribution in [0.1, 0.15) is 47.1 Å². The summed E-state index contributed by atoms with van der Waals surface area (Å²) in [5.74, 6) is -0.257. The molecule has 1 unspecified atom stereocenters. The van der Waals surface area contributed by atoms with Crippen molar-refractivity contribution in [3.05, 3.63) is 29.6 Å². The number of hydrogen-bond donors (Lipinski definition) is 0. The molecule has 0 saturated carbocycles. The second kappa shape index (κ2) is 6.92. The molecule has 23 heavy (non-hydrogen) atoms. The van der Waals surface area contributed by atoms with E-state index in [0.717, 1.165) is 17.3 Å². The van der Waals surface area contributed by atoms with E-state index >= 15 is 0 Å². The van der Waals surface area contributed by atoms with Crippen molar-refractivity contribution in [1.82, 2.24) is 0 Å². The van der Waals surface area contributed by atoms with Crippen molar-refractivity contribution in [1.29, 1.82) is 0 Å². The highest BCUT2D eigenvalue weighted by atomic mass is 19.1. The van der Waals surface area contributed by atoms with E-state index in [1.807, 2.05) is 19.9 Å². The first-order chi connectivity index (χ1) is 10.7. The third-order valence-corrected chi connectivity index (χ3v) is 5.09. The summed E-state index contributed by atoms with van der Waals surface area (Å²) in [6, 6.07) is 4.85. The van der Waals surface area contributed by atoms with E-state index in [1.54, 1.807) is 0 Å². The van der Waals surface area contributed by atoms with Gasteiger partial charge in [0.15, 0.2) is 6.29 Å². The Hall–Kier alpha value is -0.905. The zero-order chi connectivity index (χ0) is 17.3. The topological polar surface area (TPSA) is 27.7 Å². The van der Waals surface area contributed by atoms with Gasteiger partial charge in [0.25, 0.3) is 0 Å². The molecule has 5 heteroatoms. The maximum absolute atomic E-state index is 13.7. The van der Waals surface area contributed by atoms with Gasteiger partial charge in [-0.05, 0) is 62.6 Å². The Kier molecular flexibility index (Phi) is 5.54. The van der Waals surface area contributed by atoms with Gasteiger partial charge in [-0.1, -0.05) is 19.9 Å². The second-order valence-corrected chi connectivity index (χ2v) is 7.38. The summed E-state index contributed by atoms with van der Waals surface area (Å²) in [5.41, 5.74) is 1.68. The van der Waals surface area contributed by atoms with Crippen LogP contribution < -0.4 is 5.46 Å². The number of hydrogen-bond acceptors (Lipinski definition) is 3. The van der Waals surface area contributed by atoms with Gasteiger partial charge in [-0.3, -0.25) is 0 Å². The van der Waals surface area contributed by atoms with Crippen molar-refractivity contribution in [3.63, 3.8) is 0 Å². The summed E-state index contributed by atoms with van der Waals surface area (Å²) in [5, 5.41) is 0. The molecule has 0 aromatic heterocycles. The van der Waals surface area contributed by atoms with Gasteiger partial charge < -0.3 is 14.1 Å². The van der Waals surface area contributed by atoms with Gasteiger partial charge in [0.05, 0.1) is 12.2 Å². The second-order valence-electron chi connectivity index (χ2n) is 7.38. The van der Waals surface area contributed by atoms with Gasteiger partial charge in [-0.25, -0.2) is 4.39 Å². The van der Waals surface area contributed by atoms with Crippen LogP contribution in [-0.2, 0) is 20.7 Å². The smallest absolute Gasteiger partial charge is 0.328 e. The molecule has 1 aliphatic heterocycles. The molecule has 2 rings (SSSR count). The summed E-state index contributed by atoms with van der Waals surface area (Å²) >= 11 is 0.